The Labute approximate surface area is 423 Å². The fraction of sp³-hybridized carbons (Fsp3) is 0.483. The number of carbonyl (C=O) groups is 3. The van der Waals surface area contributed by atoms with Gasteiger partial charge in [0.05, 0.1) is 19.3 Å². The minimum absolute atomic E-state index is 0.00739. The minimum Gasteiger partial charge on any atom is -0.493 e. The summed E-state index contributed by atoms with van der Waals surface area (Å²) in [5.41, 5.74) is 5.26. The lowest BCUT2D eigenvalue weighted by Gasteiger charge is -2.31. The number of aryl methyl sites for hydroxylation is 2. The summed E-state index contributed by atoms with van der Waals surface area (Å²) in [6.45, 7) is 31.4. The van der Waals surface area contributed by atoms with E-state index in [0.29, 0.717) is 36.9 Å². The van der Waals surface area contributed by atoms with Gasteiger partial charge in [0.1, 0.15) is 40.0 Å². The van der Waals surface area contributed by atoms with E-state index in [2.05, 4.69) is 65.8 Å². The van der Waals surface area contributed by atoms with E-state index in [1.54, 1.807) is 13.8 Å². The van der Waals surface area contributed by atoms with E-state index in [1.807, 2.05) is 122 Å². The van der Waals surface area contributed by atoms with E-state index < -0.39 is 35.0 Å². The monoisotopic (exact) mass is 975 g/mol. The van der Waals surface area contributed by atoms with Gasteiger partial charge in [0.2, 0.25) is 0 Å². The Bertz CT molecular complexity index is 2500. The summed E-state index contributed by atoms with van der Waals surface area (Å²) in [6.07, 6.45) is 4.51. The number of ether oxygens (including phenoxy) is 8. The molecular formula is C60H78O11. The summed E-state index contributed by atoms with van der Waals surface area (Å²) < 4.78 is 48.3. The first-order valence-corrected chi connectivity index (χ1v) is 24.7. The molecule has 0 heterocycles. The van der Waals surface area contributed by atoms with Gasteiger partial charge < -0.3 is 37.9 Å². The number of benzene rings is 4. The third-order valence-electron chi connectivity index (χ3n) is 10.7. The highest BCUT2D eigenvalue weighted by atomic mass is 16.6. The predicted molar refractivity (Wildman–Crippen MR) is 279 cm³/mol. The van der Waals surface area contributed by atoms with Crippen molar-refractivity contribution >= 4 is 17.9 Å². The van der Waals surface area contributed by atoms with Crippen LogP contribution >= 0.6 is 0 Å². The van der Waals surface area contributed by atoms with E-state index in [1.165, 1.54) is 0 Å². The Balaban J connectivity index is 1.74. The molecule has 11 nitrogen and oxygen atoms in total. The predicted octanol–water partition coefficient (Wildman–Crippen LogP) is 13.4. The van der Waals surface area contributed by atoms with Crippen LogP contribution in [-0.2, 0) is 33.3 Å². The van der Waals surface area contributed by atoms with Gasteiger partial charge in [-0.15, -0.1) is 0 Å². The minimum atomic E-state index is -0.729. The topological polar surface area (TPSA) is 125 Å². The molecule has 71 heavy (non-hydrogen) atoms. The van der Waals surface area contributed by atoms with Crippen LogP contribution < -0.4 is 18.9 Å². The van der Waals surface area contributed by atoms with Gasteiger partial charge in [0, 0.05) is 23.0 Å². The summed E-state index contributed by atoms with van der Waals surface area (Å²) in [4.78, 5) is 39.3. The van der Waals surface area contributed by atoms with E-state index in [4.69, 9.17) is 37.9 Å². The molecule has 1 aliphatic rings. The van der Waals surface area contributed by atoms with Crippen molar-refractivity contribution in [1.29, 1.82) is 0 Å². The number of esters is 3. The van der Waals surface area contributed by atoms with Gasteiger partial charge in [0.15, 0.2) is 19.8 Å². The van der Waals surface area contributed by atoms with E-state index in [0.717, 1.165) is 56.0 Å². The second-order valence-corrected chi connectivity index (χ2v) is 23.1. The molecule has 0 saturated heterocycles. The van der Waals surface area contributed by atoms with Crippen LogP contribution in [-0.4, -0.2) is 68.2 Å². The quantitative estimate of drug-likeness (QED) is 0.0658. The smallest absolute Gasteiger partial charge is 0.344 e. The molecule has 0 N–H and O–H groups in total. The van der Waals surface area contributed by atoms with Gasteiger partial charge in [-0.05, 0) is 162 Å². The summed E-state index contributed by atoms with van der Waals surface area (Å²) in [7, 11) is 0. The molecule has 4 aromatic carbocycles. The Morgan fingerprint density at radius 2 is 1.07 bits per heavy atom. The highest BCUT2D eigenvalue weighted by Crippen LogP contribution is 2.47. The molecule has 4 aromatic rings. The van der Waals surface area contributed by atoms with Crippen LogP contribution in [0, 0.1) is 24.7 Å². The molecule has 0 bridgehead atoms. The molecular weight excluding hydrogens is 897 g/mol. The number of allylic oxidation sites excluding steroid dienone is 3. The molecule has 0 saturated carbocycles. The van der Waals surface area contributed by atoms with Crippen molar-refractivity contribution in [2.45, 2.75) is 146 Å². The van der Waals surface area contributed by atoms with Crippen molar-refractivity contribution in [3.63, 3.8) is 0 Å². The molecule has 2 unspecified atom stereocenters. The first kappa shape index (κ1) is 55.7. The van der Waals surface area contributed by atoms with Gasteiger partial charge in [-0.3, -0.25) is 0 Å². The van der Waals surface area contributed by atoms with Gasteiger partial charge in [0.25, 0.3) is 0 Å². The van der Waals surface area contributed by atoms with Crippen LogP contribution in [0.3, 0.4) is 0 Å². The van der Waals surface area contributed by atoms with Gasteiger partial charge in [-0.25, -0.2) is 14.4 Å². The SMILES string of the molecule is Cc1cc(C(C2=CC(c3ccc(OCC(C)(C)C)cc3)CC=C2OCC(=O)OC(C)(C)C)c2cc(-c3ccc(OCC(C)(C)C)cc3)ccc2OCC(=O)OC(C)(C)C)cc(C)c1OCC(=O)OC(C)C. The molecule has 0 radical (unpaired) electrons. The van der Waals surface area contributed by atoms with Crippen LogP contribution in [0.4, 0.5) is 0 Å². The van der Waals surface area contributed by atoms with E-state index >= 15 is 0 Å². The maximum Gasteiger partial charge on any atom is 0.344 e. The van der Waals surface area contributed by atoms with Crippen molar-refractivity contribution in [3.8, 4) is 34.1 Å². The number of carbonyl (C=O) groups excluding carboxylic acids is 3. The average Bonchev–Trinajstić information content (AvgIpc) is 3.25. The van der Waals surface area contributed by atoms with Crippen molar-refractivity contribution in [2.24, 2.45) is 10.8 Å². The molecule has 5 rings (SSSR count). The van der Waals surface area contributed by atoms with Crippen molar-refractivity contribution in [2.75, 3.05) is 33.0 Å². The second kappa shape index (κ2) is 23.3. The number of hydrogen-bond donors (Lipinski definition) is 0. The highest BCUT2D eigenvalue weighted by molar-refractivity contribution is 5.74. The van der Waals surface area contributed by atoms with Crippen LogP contribution in [0.2, 0.25) is 0 Å². The van der Waals surface area contributed by atoms with Crippen LogP contribution in [0.15, 0.2) is 102 Å². The van der Waals surface area contributed by atoms with Crippen molar-refractivity contribution in [1.82, 2.24) is 0 Å². The normalized spacial score (nSPS) is 14.7. The third kappa shape index (κ3) is 17.8. The number of hydrogen-bond acceptors (Lipinski definition) is 11. The first-order chi connectivity index (χ1) is 33.0. The van der Waals surface area contributed by atoms with Crippen LogP contribution in [0.1, 0.15) is 143 Å². The Morgan fingerprint density at radius 3 is 1.58 bits per heavy atom. The molecule has 11 heteroatoms. The highest BCUT2D eigenvalue weighted by Gasteiger charge is 2.33. The van der Waals surface area contributed by atoms with Gasteiger partial charge >= 0.3 is 17.9 Å². The zero-order valence-corrected chi connectivity index (χ0v) is 45.1. The van der Waals surface area contributed by atoms with Crippen LogP contribution in [0.5, 0.6) is 23.0 Å². The van der Waals surface area contributed by atoms with Gasteiger partial charge in [-0.2, -0.15) is 0 Å². The molecule has 384 valence electrons. The van der Waals surface area contributed by atoms with Crippen molar-refractivity contribution < 1.29 is 52.3 Å². The summed E-state index contributed by atoms with van der Waals surface area (Å²) in [5, 5.41) is 0. The lowest BCUT2D eigenvalue weighted by Crippen LogP contribution is -2.27. The summed E-state index contributed by atoms with van der Waals surface area (Å²) >= 11 is 0. The largest absolute Gasteiger partial charge is 0.493 e. The zero-order chi connectivity index (χ0) is 52.5. The summed E-state index contributed by atoms with van der Waals surface area (Å²) in [6, 6.07) is 26.1. The van der Waals surface area contributed by atoms with E-state index in [-0.39, 0.29) is 42.7 Å². The van der Waals surface area contributed by atoms with Crippen molar-refractivity contribution in [3.05, 3.63) is 130 Å². The fourth-order valence-electron chi connectivity index (χ4n) is 7.92. The molecule has 0 fully saturated rings. The lowest BCUT2D eigenvalue weighted by molar-refractivity contribution is -0.159. The zero-order valence-electron chi connectivity index (χ0n) is 45.1. The lowest BCUT2D eigenvalue weighted by atomic mass is 9.77. The maximum atomic E-state index is 13.3. The second-order valence-electron chi connectivity index (χ2n) is 23.1. The Kier molecular flexibility index (Phi) is 18.3. The van der Waals surface area contributed by atoms with E-state index in [9.17, 15) is 14.4 Å². The first-order valence-electron chi connectivity index (χ1n) is 24.7. The fourth-order valence-corrected chi connectivity index (χ4v) is 7.92. The average molecular weight is 975 g/mol. The maximum absolute atomic E-state index is 13.3. The molecule has 2 atom stereocenters. The standard InChI is InChI=1S/C60H78O11/c1-38(2)69-52(61)33-66-56-39(3)29-45(30-40(56)4)55(48-31-43(21-27-50(48)64-34-53(62)70-59(11,12)13)41-17-23-46(24-18-41)67-36-57(5,6)7)49-32-44(22-28-51(49)65-35-54(63)71-60(14,15)16)42-19-25-47(26-20-42)68-37-58(8,9)10/h17-21,23-32,38,44,55H,22,33-37H2,1-16H3. The molecule has 0 amide bonds. The Hall–Kier alpha value is -6.23. The van der Waals surface area contributed by atoms with Gasteiger partial charge in [-0.1, -0.05) is 90.1 Å². The molecule has 0 aromatic heterocycles. The molecule has 0 aliphatic heterocycles. The summed E-state index contributed by atoms with van der Waals surface area (Å²) in [5.74, 6) is 0.783. The molecule has 1 aliphatic carbocycles. The van der Waals surface area contributed by atoms with Crippen LogP contribution in [0.25, 0.3) is 11.1 Å². The number of rotatable bonds is 19. The molecule has 0 spiro atoms. The Morgan fingerprint density at radius 1 is 0.577 bits per heavy atom. The third-order valence-corrected chi connectivity index (χ3v) is 10.7.